The van der Waals surface area contributed by atoms with Crippen LogP contribution in [0.2, 0.25) is 10.0 Å². The predicted molar refractivity (Wildman–Crippen MR) is 137 cm³/mol. The number of ether oxygens (including phenoxy) is 2. The highest BCUT2D eigenvalue weighted by Crippen LogP contribution is 2.30. The van der Waals surface area contributed by atoms with Gasteiger partial charge in [0.25, 0.3) is 0 Å². The number of benzene rings is 3. The summed E-state index contributed by atoms with van der Waals surface area (Å²) in [4.78, 5) is 26.8. The van der Waals surface area contributed by atoms with Gasteiger partial charge in [-0.1, -0.05) is 41.4 Å². The lowest BCUT2D eigenvalue weighted by molar-refractivity contribution is -0.125. The van der Waals surface area contributed by atoms with Gasteiger partial charge in [0.05, 0.1) is 23.2 Å². The third-order valence-corrected chi connectivity index (χ3v) is 6.22. The molecule has 4 rings (SSSR count). The second kappa shape index (κ2) is 11.3. The molecular formula is C26H25Cl2N3O4. The number of hydrogen-bond donors (Lipinski definition) is 2. The maximum Gasteiger partial charge on any atom is 0.243 e. The average molecular weight is 514 g/mol. The normalized spacial score (nSPS) is 15.1. The fraction of sp³-hybridized carbons (Fsp3) is 0.231. The Morgan fingerprint density at radius 2 is 1.80 bits per heavy atom. The van der Waals surface area contributed by atoms with Crippen LogP contribution in [0.25, 0.3) is 0 Å². The molecule has 0 bridgehead atoms. The van der Waals surface area contributed by atoms with Gasteiger partial charge in [-0.2, -0.15) is 0 Å². The lowest BCUT2D eigenvalue weighted by Gasteiger charge is -2.17. The molecule has 2 N–H and O–H groups in total. The van der Waals surface area contributed by atoms with Crippen LogP contribution in [0.1, 0.15) is 18.9 Å². The number of hydrazine groups is 1. The highest BCUT2D eigenvalue weighted by Gasteiger charge is 2.35. The Kier molecular flexibility index (Phi) is 8.00. The summed E-state index contributed by atoms with van der Waals surface area (Å²) >= 11 is 12.5. The molecule has 182 valence electrons. The van der Waals surface area contributed by atoms with E-state index in [-0.39, 0.29) is 24.8 Å². The van der Waals surface area contributed by atoms with Crippen LogP contribution in [-0.2, 0) is 16.2 Å². The maximum atomic E-state index is 12.7. The zero-order chi connectivity index (χ0) is 24.8. The second-order valence-electron chi connectivity index (χ2n) is 7.97. The van der Waals surface area contributed by atoms with Gasteiger partial charge in [-0.3, -0.25) is 20.4 Å². The van der Waals surface area contributed by atoms with Crippen molar-refractivity contribution < 1.29 is 19.1 Å². The number of anilines is 2. The Balaban J connectivity index is 1.30. The fourth-order valence-corrected chi connectivity index (χ4v) is 4.15. The monoisotopic (exact) mass is 513 g/mol. The average Bonchev–Trinajstić information content (AvgIpc) is 3.25. The van der Waals surface area contributed by atoms with E-state index in [4.69, 9.17) is 32.7 Å². The van der Waals surface area contributed by atoms with Gasteiger partial charge in [-0.25, -0.2) is 0 Å². The molecule has 2 amide bonds. The van der Waals surface area contributed by atoms with Gasteiger partial charge in [0.15, 0.2) is 0 Å². The van der Waals surface area contributed by atoms with Crippen molar-refractivity contribution in [3.63, 3.8) is 0 Å². The fourth-order valence-electron chi connectivity index (χ4n) is 3.72. The summed E-state index contributed by atoms with van der Waals surface area (Å²) in [6, 6.07) is 19.8. The molecule has 7 nitrogen and oxygen atoms in total. The summed E-state index contributed by atoms with van der Waals surface area (Å²) in [5.74, 6) is 0.380. The van der Waals surface area contributed by atoms with Crippen molar-refractivity contribution in [2.45, 2.75) is 20.0 Å². The smallest absolute Gasteiger partial charge is 0.243 e. The number of hydrogen-bond acceptors (Lipinski definition) is 5. The van der Waals surface area contributed by atoms with Crippen LogP contribution < -0.4 is 25.2 Å². The molecular weight excluding hydrogens is 489 g/mol. The topological polar surface area (TPSA) is 79.9 Å². The van der Waals surface area contributed by atoms with Gasteiger partial charge in [0.1, 0.15) is 18.1 Å². The SMILES string of the molecule is CCOc1ccc(N2C[C@H](C(=O)NNc3ccc(OCc4ccccc4Cl)c(Cl)c3)CC2=O)cc1. The Morgan fingerprint density at radius 3 is 2.51 bits per heavy atom. The molecule has 0 radical (unpaired) electrons. The van der Waals surface area contributed by atoms with Gasteiger partial charge in [-0.05, 0) is 55.5 Å². The van der Waals surface area contributed by atoms with Crippen LogP contribution >= 0.6 is 23.2 Å². The Hall–Kier alpha value is -3.42. The Bertz CT molecular complexity index is 1200. The first-order valence-corrected chi connectivity index (χ1v) is 11.9. The molecule has 1 saturated heterocycles. The van der Waals surface area contributed by atoms with Crippen molar-refractivity contribution in [1.82, 2.24) is 5.43 Å². The highest BCUT2D eigenvalue weighted by atomic mass is 35.5. The van der Waals surface area contributed by atoms with Crippen LogP contribution in [0.4, 0.5) is 11.4 Å². The number of halogens is 2. The van der Waals surface area contributed by atoms with Gasteiger partial charge >= 0.3 is 0 Å². The van der Waals surface area contributed by atoms with Gasteiger partial charge in [-0.15, -0.1) is 0 Å². The van der Waals surface area contributed by atoms with E-state index in [9.17, 15) is 9.59 Å². The molecule has 0 unspecified atom stereocenters. The lowest BCUT2D eigenvalue weighted by Crippen LogP contribution is -2.36. The summed E-state index contributed by atoms with van der Waals surface area (Å²) in [5.41, 5.74) is 7.70. The standard InChI is InChI=1S/C26H25Cl2N3O4/c1-2-34-21-10-8-20(9-11-21)31-15-18(13-25(31)32)26(33)30-29-19-7-12-24(23(28)14-19)35-16-17-5-3-4-6-22(17)27/h3-12,14,18,29H,2,13,15-16H2,1H3,(H,30,33)/t18-/m1/s1. The molecule has 3 aromatic carbocycles. The third-order valence-electron chi connectivity index (χ3n) is 5.56. The van der Waals surface area contributed by atoms with Crippen LogP contribution in [0.3, 0.4) is 0 Å². The van der Waals surface area contributed by atoms with Crippen LogP contribution in [0.5, 0.6) is 11.5 Å². The van der Waals surface area contributed by atoms with Crippen LogP contribution in [0.15, 0.2) is 66.7 Å². The van der Waals surface area contributed by atoms with Crippen molar-refractivity contribution in [3.8, 4) is 11.5 Å². The van der Waals surface area contributed by atoms with E-state index in [2.05, 4.69) is 10.9 Å². The zero-order valence-electron chi connectivity index (χ0n) is 19.1. The van der Waals surface area contributed by atoms with E-state index in [1.807, 2.05) is 49.4 Å². The molecule has 1 heterocycles. The molecule has 1 aliphatic rings. The molecule has 0 aromatic heterocycles. The first-order valence-electron chi connectivity index (χ1n) is 11.2. The Labute approximate surface area is 213 Å². The summed E-state index contributed by atoms with van der Waals surface area (Å²) in [7, 11) is 0. The number of amides is 2. The van der Waals surface area contributed by atoms with E-state index in [0.29, 0.717) is 34.6 Å². The van der Waals surface area contributed by atoms with Crippen molar-refractivity contribution in [2.75, 3.05) is 23.5 Å². The minimum absolute atomic E-state index is 0.0997. The van der Waals surface area contributed by atoms with E-state index < -0.39 is 5.92 Å². The number of rotatable bonds is 9. The molecule has 9 heteroatoms. The van der Waals surface area contributed by atoms with Crippen molar-refractivity contribution in [2.24, 2.45) is 5.92 Å². The van der Waals surface area contributed by atoms with Gasteiger partial charge in [0.2, 0.25) is 11.8 Å². The second-order valence-corrected chi connectivity index (χ2v) is 8.79. The molecule has 1 atom stereocenters. The molecule has 1 aliphatic heterocycles. The number of carbonyl (C=O) groups excluding carboxylic acids is 2. The largest absolute Gasteiger partial charge is 0.494 e. The third kappa shape index (κ3) is 6.18. The summed E-state index contributed by atoms with van der Waals surface area (Å²) in [6.07, 6.45) is 0.135. The first-order chi connectivity index (χ1) is 16.9. The van der Waals surface area contributed by atoms with Crippen LogP contribution in [-0.4, -0.2) is 25.0 Å². The minimum Gasteiger partial charge on any atom is -0.494 e. The van der Waals surface area contributed by atoms with Crippen molar-refractivity contribution in [3.05, 3.63) is 82.3 Å². The molecule has 1 fully saturated rings. The van der Waals surface area contributed by atoms with E-state index in [1.165, 1.54) is 0 Å². The molecule has 3 aromatic rings. The minimum atomic E-state index is -0.477. The zero-order valence-corrected chi connectivity index (χ0v) is 20.6. The summed E-state index contributed by atoms with van der Waals surface area (Å²) < 4.78 is 11.2. The Morgan fingerprint density at radius 1 is 1.03 bits per heavy atom. The van der Waals surface area contributed by atoms with Crippen molar-refractivity contribution >= 4 is 46.4 Å². The molecule has 35 heavy (non-hydrogen) atoms. The lowest BCUT2D eigenvalue weighted by atomic mass is 10.1. The van der Waals surface area contributed by atoms with Crippen molar-refractivity contribution in [1.29, 1.82) is 0 Å². The summed E-state index contributed by atoms with van der Waals surface area (Å²) in [5, 5.41) is 1.00. The van der Waals surface area contributed by atoms with Crippen LogP contribution in [0, 0.1) is 5.92 Å². The van der Waals surface area contributed by atoms with Gasteiger partial charge in [0, 0.05) is 29.2 Å². The number of nitrogens with one attached hydrogen (secondary N) is 2. The van der Waals surface area contributed by atoms with E-state index >= 15 is 0 Å². The molecule has 0 saturated carbocycles. The predicted octanol–water partition coefficient (Wildman–Crippen LogP) is 5.47. The highest BCUT2D eigenvalue weighted by molar-refractivity contribution is 6.32. The number of carbonyl (C=O) groups is 2. The van der Waals surface area contributed by atoms with E-state index in [0.717, 1.165) is 17.0 Å². The quantitative estimate of drug-likeness (QED) is 0.371. The number of nitrogens with zero attached hydrogens (tertiary/aromatic N) is 1. The maximum absolute atomic E-state index is 12.7. The van der Waals surface area contributed by atoms with Gasteiger partial charge < -0.3 is 14.4 Å². The molecule has 0 aliphatic carbocycles. The first kappa shape index (κ1) is 24.7. The molecule has 0 spiro atoms. The summed E-state index contributed by atoms with van der Waals surface area (Å²) in [6.45, 7) is 3.06. The van der Waals surface area contributed by atoms with E-state index in [1.54, 1.807) is 29.2 Å².